The lowest BCUT2D eigenvalue weighted by molar-refractivity contribution is -0.139. The van der Waals surface area contributed by atoms with Crippen molar-refractivity contribution >= 4 is 5.91 Å². The SMILES string of the molecule is CN(C)Cc1ccc(CNC(=O)C2(O)CCCC2)cc1. The van der Waals surface area contributed by atoms with Crippen molar-refractivity contribution in [2.75, 3.05) is 14.1 Å². The molecule has 1 amide bonds. The summed E-state index contributed by atoms with van der Waals surface area (Å²) in [5.41, 5.74) is 1.17. The van der Waals surface area contributed by atoms with E-state index in [1.807, 2.05) is 26.2 Å². The van der Waals surface area contributed by atoms with Gasteiger partial charge in [0, 0.05) is 13.1 Å². The van der Waals surface area contributed by atoms with Crippen LogP contribution in [0, 0.1) is 0 Å². The quantitative estimate of drug-likeness (QED) is 0.860. The summed E-state index contributed by atoms with van der Waals surface area (Å²) in [6.45, 7) is 1.38. The summed E-state index contributed by atoms with van der Waals surface area (Å²) in [5, 5.41) is 13.0. The number of aliphatic hydroxyl groups is 1. The van der Waals surface area contributed by atoms with Gasteiger partial charge in [-0.05, 0) is 50.9 Å². The van der Waals surface area contributed by atoms with Crippen molar-refractivity contribution < 1.29 is 9.90 Å². The van der Waals surface area contributed by atoms with Gasteiger partial charge in [0.05, 0.1) is 0 Å². The first kappa shape index (κ1) is 15.0. The number of hydrogen-bond donors (Lipinski definition) is 2. The molecule has 1 saturated carbocycles. The Bertz CT molecular complexity index is 448. The molecular weight excluding hydrogens is 252 g/mol. The molecule has 1 fully saturated rings. The number of carbonyl (C=O) groups is 1. The molecule has 0 aromatic heterocycles. The summed E-state index contributed by atoms with van der Waals surface area (Å²) in [6, 6.07) is 8.20. The van der Waals surface area contributed by atoms with E-state index in [4.69, 9.17) is 0 Å². The third-order valence-electron chi connectivity index (χ3n) is 3.83. The first-order chi connectivity index (χ1) is 9.49. The molecule has 0 saturated heterocycles. The van der Waals surface area contributed by atoms with Gasteiger partial charge in [-0.3, -0.25) is 4.79 Å². The van der Waals surface area contributed by atoms with E-state index in [2.05, 4.69) is 22.3 Å². The number of rotatable bonds is 5. The molecule has 1 aliphatic carbocycles. The molecular formula is C16H24N2O2. The highest BCUT2D eigenvalue weighted by Crippen LogP contribution is 2.29. The fraction of sp³-hybridized carbons (Fsp3) is 0.562. The van der Waals surface area contributed by atoms with E-state index in [9.17, 15) is 9.90 Å². The lowest BCUT2D eigenvalue weighted by atomic mass is 10.0. The monoisotopic (exact) mass is 276 g/mol. The lowest BCUT2D eigenvalue weighted by Crippen LogP contribution is -2.44. The largest absolute Gasteiger partial charge is 0.380 e. The number of nitrogens with zero attached hydrogens (tertiary/aromatic N) is 1. The van der Waals surface area contributed by atoms with Gasteiger partial charge in [-0.1, -0.05) is 24.3 Å². The second kappa shape index (κ2) is 6.37. The molecule has 4 heteroatoms. The third kappa shape index (κ3) is 3.81. The van der Waals surface area contributed by atoms with Crippen LogP contribution in [0.25, 0.3) is 0 Å². The maximum absolute atomic E-state index is 12.0. The van der Waals surface area contributed by atoms with Crippen LogP contribution in [0.15, 0.2) is 24.3 Å². The minimum atomic E-state index is -1.13. The topological polar surface area (TPSA) is 52.6 Å². The number of benzene rings is 1. The molecule has 2 N–H and O–H groups in total. The number of amides is 1. The van der Waals surface area contributed by atoms with Crippen LogP contribution >= 0.6 is 0 Å². The molecule has 2 rings (SSSR count). The molecule has 0 aliphatic heterocycles. The van der Waals surface area contributed by atoms with Gasteiger partial charge < -0.3 is 15.3 Å². The minimum Gasteiger partial charge on any atom is -0.380 e. The summed E-state index contributed by atoms with van der Waals surface area (Å²) < 4.78 is 0. The minimum absolute atomic E-state index is 0.229. The Balaban J connectivity index is 1.86. The van der Waals surface area contributed by atoms with E-state index in [0.717, 1.165) is 24.9 Å². The van der Waals surface area contributed by atoms with E-state index in [-0.39, 0.29) is 5.91 Å². The Labute approximate surface area is 120 Å². The van der Waals surface area contributed by atoms with Crippen molar-refractivity contribution in [1.82, 2.24) is 10.2 Å². The zero-order valence-electron chi connectivity index (χ0n) is 12.4. The van der Waals surface area contributed by atoms with Gasteiger partial charge in [0.15, 0.2) is 0 Å². The summed E-state index contributed by atoms with van der Waals surface area (Å²) in [5.74, 6) is -0.229. The molecule has 110 valence electrons. The number of hydrogen-bond acceptors (Lipinski definition) is 3. The average molecular weight is 276 g/mol. The van der Waals surface area contributed by atoms with E-state index < -0.39 is 5.60 Å². The van der Waals surface area contributed by atoms with Crippen LogP contribution in [-0.4, -0.2) is 35.6 Å². The first-order valence-electron chi connectivity index (χ1n) is 7.23. The van der Waals surface area contributed by atoms with E-state index in [1.54, 1.807) is 0 Å². The van der Waals surface area contributed by atoms with Gasteiger partial charge in [-0.15, -0.1) is 0 Å². The molecule has 20 heavy (non-hydrogen) atoms. The Morgan fingerprint density at radius 1 is 1.20 bits per heavy atom. The van der Waals surface area contributed by atoms with E-state index >= 15 is 0 Å². The predicted octanol–water partition coefficient (Wildman–Crippen LogP) is 1.67. The van der Waals surface area contributed by atoms with Crippen LogP contribution in [0.2, 0.25) is 0 Å². The zero-order chi connectivity index (χ0) is 14.6. The highest BCUT2D eigenvalue weighted by atomic mass is 16.3. The van der Waals surface area contributed by atoms with Crippen molar-refractivity contribution in [2.45, 2.75) is 44.4 Å². The lowest BCUT2D eigenvalue weighted by Gasteiger charge is -2.21. The number of carbonyl (C=O) groups excluding carboxylic acids is 1. The third-order valence-corrected chi connectivity index (χ3v) is 3.83. The molecule has 0 spiro atoms. The van der Waals surface area contributed by atoms with Gasteiger partial charge in [0.1, 0.15) is 5.60 Å². The normalized spacial score (nSPS) is 17.4. The Morgan fingerprint density at radius 3 is 2.30 bits per heavy atom. The second-order valence-corrected chi connectivity index (χ2v) is 5.98. The summed E-state index contributed by atoms with van der Waals surface area (Å²) in [7, 11) is 4.08. The smallest absolute Gasteiger partial charge is 0.252 e. The fourth-order valence-electron chi connectivity index (χ4n) is 2.66. The molecule has 4 nitrogen and oxygen atoms in total. The molecule has 0 unspecified atom stereocenters. The van der Waals surface area contributed by atoms with E-state index in [0.29, 0.717) is 19.4 Å². The van der Waals surface area contributed by atoms with Crippen LogP contribution < -0.4 is 5.32 Å². The van der Waals surface area contributed by atoms with Crippen LogP contribution in [0.5, 0.6) is 0 Å². The molecule has 0 radical (unpaired) electrons. The van der Waals surface area contributed by atoms with Crippen LogP contribution in [0.1, 0.15) is 36.8 Å². The number of nitrogens with one attached hydrogen (secondary N) is 1. The van der Waals surface area contributed by atoms with Crippen LogP contribution in [0.4, 0.5) is 0 Å². The molecule has 0 atom stereocenters. The Kier molecular flexibility index (Phi) is 4.78. The summed E-state index contributed by atoms with van der Waals surface area (Å²) in [6.07, 6.45) is 3.04. The first-order valence-corrected chi connectivity index (χ1v) is 7.23. The molecule has 1 aromatic rings. The second-order valence-electron chi connectivity index (χ2n) is 5.98. The predicted molar refractivity (Wildman–Crippen MR) is 79.1 cm³/mol. The van der Waals surface area contributed by atoms with Crippen molar-refractivity contribution in [3.63, 3.8) is 0 Å². The zero-order valence-corrected chi connectivity index (χ0v) is 12.4. The molecule has 0 heterocycles. The van der Waals surface area contributed by atoms with Crippen molar-refractivity contribution in [1.29, 1.82) is 0 Å². The maximum atomic E-state index is 12.0. The van der Waals surface area contributed by atoms with Gasteiger partial charge in [0.25, 0.3) is 5.91 Å². The maximum Gasteiger partial charge on any atom is 0.252 e. The van der Waals surface area contributed by atoms with Crippen LogP contribution in [0.3, 0.4) is 0 Å². The van der Waals surface area contributed by atoms with E-state index in [1.165, 1.54) is 5.56 Å². The summed E-state index contributed by atoms with van der Waals surface area (Å²) >= 11 is 0. The molecule has 0 bridgehead atoms. The van der Waals surface area contributed by atoms with Gasteiger partial charge >= 0.3 is 0 Å². The van der Waals surface area contributed by atoms with Gasteiger partial charge in [-0.25, -0.2) is 0 Å². The Hall–Kier alpha value is -1.39. The average Bonchev–Trinajstić information content (AvgIpc) is 2.85. The van der Waals surface area contributed by atoms with Gasteiger partial charge in [0.2, 0.25) is 0 Å². The van der Waals surface area contributed by atoms with Gasteiger partial charge in [-0.2, -0.15) is 0 Å². The highest BCUT2D eigenvalue weighted by Gasteiger charge is 2.38. The standard InChI is InChI=1S/C16H24N2O2/c1-18(2)12-14-7-5-13(6-8-14)11-17-15(19)16(20)9-3-4-10-16/h5-8,20H,3-4,9-12H2,1-2H3,(H,17,19). The Morgan fingerprint density at radius 2 is 1.75 bits per heavy atom. The van der Waals surface area contributed by atoms with Crippen molar-refractivity contribution in [2.24, 2.45) is 0 Å². The fourth-order valence-corrected chi connectivity index (χ4v) is 2.66. The van der Waals surface area contributed by atoms with Crippen molar-refractivity contribution in [3.8, 4) is 0 Å². The molecule has 1 aromatic carbocycles. The van der Waals surface area contributed by atoms with Crippen LogP contribution in [-0.2, 0) is 17.9 Å². The van der Waals surface area contributed by atoms with Crippen molar-refractivity contribution in [3.05, 3.63) is 35.4 Å². The summed E-state index contributed by atoms with van der Waals surface area (Å²) in [4.78, 5) is 14.1. The highest BCUT2D eigenvalue weighted by molar-refractivity contribution is 5.85. The molecule has 1 aliphatic rings.